The highest BCUT2D eigenvalue weighted by Gasteiger charge is 2.40. The molecule has 3 amide bonds. The fourth-order valence-corrected chi connectivity index (χ4v) is 2.42. The van der Waals surface area contributed by atoms with Crippen LogP contribution in [0.2, 0.25) is 0 Å². The predicted molar refractivity (Wildman–Crippen MR) is 88.0 cm³/mol. The van der Waals surface area contributed by atoms with E-state index in [1.54, 1.807) is 0 Å². The van der Waals surface area contributed by atoms with E-state index >= 15 is 0 Å². The first kappa shape index (κ1) is 20.3. The van der Waals surface area contributed by atoms with Gasteiger partial charge in [-0.2, -0.15) is 0 Å². The standard InChI is InChI=1S/C17H28N2O5/c1-11(2)13-9-16(22)19(17(13)23)10-15(21)18-6-8-24-7-5-14(20)12(3)4/h11-13H,5-10H2,1-4H3,(H,18,21). The summed E-state index contributed by atoms with van der Waals surface area (Å²) in [6.07, 6.45) is 0.537. The summed E-state index contributed by atoms with van der Waals surface area (Å²) >= 11 is 0. The van der Waals surface area contributed by atoms with Gasteiger partial charge >= 0.3 is 0 Å². The number of ketones is 1. The summed E-state index contributed by atoms with van der Waals surface area (Å²) in [4.78, 5) is 48.2. The molecule has 0 aromatic heterocycles. The molecule has 1 atom stereocenters. The number of ether oxygens (including phenoxy) is 1. The fourth-order valence-electron chi connectivity index (χ4n) is 2.42. The topological polar surface area (TPSA) is 92.8 Å². The van der Waals surface area contributed by atoms with Crippen molar-refractivity contribution in [2.24, 2.45) is 17.8 Å². The van der Waals surface area contributed by atoms with Crippen molar-refractivity contribution < 1.29 is 23.9 Å². The van der Waals surface area contributed by atoms with Gasteiger partial charge in [0.15, 0.2) is 0 Å². The second-order valence-corrected chi connectivity index (χ2v) is 6.71. The third-order valence-electron chi connectivity index (χ3n) is 4.09. The fraction of sp³-hybridized carbons (Fsp3) is 0.765. The van der Waals surface area contributed by atoms with Crippen LogP contribution in [0.5, 0.6) is 0 Å². The predicted octanol–water partition coefficient (Wildman–Crippen LogP) is 0.766. The van der Waals surface area contributed by atoms with Crippen LogP contribution in [0.15, 0.2) is 0 Å². The molecule has 0 aromatic carbocycles. The number of nitrogens with one attached hydrogen (secondary N) is 1. The van der Waals surface area contributed by atoms with Crippen LogP contribution < -0.4 is 5.32 Å². The summed E-state index contributed by atoms with van der Waals surface area (Å²) in [5.41, 5.74) is 0. The highest BCUT2D eigenvalue weighted by Crippen LogP contribution is 2.25. The number of likely N-dealkylation sites (tertiary alicyclic amines) is 1. The smallest absolute Gasteiger partial charge is 0.240 e. The van der Waals surface area contributed by atoms with E-state index in [9.17, 15) is 19.2 Å². The first-order chi connectivity index (χ1) is 11.2. The highest BCUT2D eigenvalue weighted by molar-refractivity contribution is 6.06. The van der Waals surface area contributed by atoms with Gasteiger partial charge in [-0.3, -0.25) is 24.1 Å². The number of nitrogens with zero attached hydrogens (tertiary/aromatic N) is 1. The van der Waals surface area contributed by atoms with Crippen molar-refractivity contribution in [3.05, 3.63) is 0 Å². The van der Waals surface area contributed by atoms with Crippen LogP contribution in [-0.2, 0) is 23.9 Å². The molecule has 1 unspecified atom stereocenters. The third-order valence-corrected chi connectivity index (χ3v) is 4.09. The monoisotopic (exact) mass is 340 g/mol. The number of hydrogen-bond acceptors (Lipinski definition) is 5. The normalized spacial score (nSPS) is 17.9. The molecule has 1 aliphatic rings. The average Bonchev–Trinajstić information content (AvgIpc) is 2.78. The summed E-state index contributed by atoms with van der Waals surface area (Å²) in [6, 6.07) is 0. The molecule has 7 nitrogen and oxygen atoms in total. The van der Waals surface area contributed by atoms with Gasteiger partial charge in [0.1, 0.15) is 12.3 Å². The van der Waals surface area contributed by atoms with Crippen molar-refractivity contribution in [3.8, 4) is 0 Å². The number of hydrogen-bond donors (Lipinski definition) is 1. The van der Waals surface area contributed by atoms with E-state index < -0.39 is 0 Å². The molecule has 0 aromatic rings. The van der Waals surface area contributed by atoms with Crippen molar-refractivity contribution in [1.82, 2.24) is 10.2 Å². The van der Waals surface area contributed by atoms with Crippen LogP contribution in [0.25, 0.3) is 0 Å². The van der Waals surface area contributed by atoms with Gasteiger partial charge in [0, 0.05) is 31.2 Å². The first-order valence-electron chi connectivity index (χ1n) is 8.45. The van der Waals surface area contributed by atoms with Crippen molar-refractivity contribution >= 4 is 23.5 Å². The van der Waals surface area contributed by atoms with Crippen LogP contribution in [0, 0.1) is 17.8 Å². The Kier molecular flexibility index (Phi) is 8.04. The molecule has 0 spiro atoms. The van der Waals surface area contributed by atoms with Crippen molar-refractivity contribution in [1.29, 1.82) is 0 Å². The number of imide groups is 1. The Bertz CT molecular complexity index is 487. The Morgan fingerprint density at radius 2 is 1.88 bits per heavy atom. The molecule has 0 radical (unpaired) electrons. The van der Waals surface area contributed by atoms with Crippen LogP contribution >= 0.6 is 0 Å². The third kappa shape index (κ3) is 6.03. The zero-order chi connectivity index (χ0) is 18.3. The maximum absolute atomic E-state index is 12.1. The van der Waals surface area contributed by atoms with Gasteiger partial charge in [-0.1, -0.05) is 27.7 Å². The molecule has 1 rings (SSSR count). The second-order valence-electron chi connectivity index (χ2n) is 6.71. The van der Waals surface area contributed by atoms with Crippen LogP contribution in [0.1, 0.15) is 40.5 Å². The highest BCUT2D eigenvalue weighted by atomic mass is 16.5. The minimum Gasteiger partial charge on any atom is -0.379 e. The van der Waals surface area contributed by atoms with Gasteiger partial charge in [-0.15, -0.1) is 0 Å². The maximum Gasteiger partial charge on any atom is 0.240 e. The molecule has 1 fully saturated rings. The quantitative estimate of drug-likeness (QED) is 0.468. The summed E-state index contributed by atoms with van der Waals surface area (Å²) < 4.78 is 5.28. The Labute approximate surface area is 143 Å². The molecule has 1 saturated heterocycles. The van der Waals surface area contributed by atoms with Gasteiger partial charge in [0.2, 0.25) is 17.7 Å². The minimum atomic E-state index is -0.386. The van der Waals surface area contributed by atoms with Gasteiger partial charge in [-0.25, -0.2) is 0 Å². The number of rotatable bonds is 10. The molecular weight excluding hydrogens is 312 g/mol. The lowest BCUT2D eigenvalue weighted by atomic mass is 9.94. The minimum absolute atomic E-state index is 0.00139. The summed E-state index contributed by atoms with van der Waals surface area (Å²) in [6.45, 7) is 8.10. The van der Waals surface area contributed by atoms with E-state index in [0.29, 0.717) is 13.0 Å². The Hall–Kier alpha value is -1.76. The summed E-state index contributed by atoms with van der Waals surface area (Å²) in [7, 11) is 0. The number of carbonyl (C=O) groups excluding carboxylic acids is 4. The van der Waals surface area contributed by atoms with Gasteiger partial charge in [-0.05, 0) is 5.92 Å². The molecule has 0 aliphatic carbocycles. The van der Waals surface area contributed by atoms with E-state index in [1.807, 2.05) is 27.7 Å². The Morgan fingerprint density at radius 1 is 1.21 bits per heavy atom. The van der Waals surface area contributed by atoms with Crippen molar-refractivity contribution in [3.63, 3.8) is 0 Å². The van der Waals surface area contributed by atoms with Crippen LogP contribution in [0.4, 0.5) is 0 Å². The van der Waals surface area contributed by atoms with E-state index in [-0.39, 0.29) is 67.4 Å². The zero-order valence-electron chi connectivity index (χ0n) is 15.0. The first-order valence-corrected chi connectivity index (χ1v) is 8.45. The van der Waals surface area contributed by atoms with E-state index in [0.717, 1.165) is 4.90 Å². The molecule has 0 bridgehead atoms. The zero-order valence-corrected chi connectivity index (χ0v) is 15.0. The molecular formula is C17H28N2O5. The number of amides is 3. The SMILES string of the molecule is CC(C)C(=O)CCOCCNC(=O)CN1C(=O)CC(C(C)C)C1=O. The molecule has 136 valence electrons. The molecule has 1 N–H and O–H groups in total. The second kappa shape index (κ2) is 9.52. The van der Waals surface area contributed by atoms with E-state index in [1.165, 1.54) is 0 Å². The molecule has 24 heavy (non-hydrogen) atoms. The van der Waals surface area contributed by atoms with Gasteiger partial charge in [0.05, 0.1) is 13.2 Å². The van der Waals surface area contributed by atoms with Crippen LogP contribution in [0.3, 0.4) is 0 Å². The molecule has 1 aliphatic heterocycles. The van der Waals surface area contributed by atoms with Gasteiger partial charge in [0.25, 0.3) is 0 Å². The van der Waals surface area contributed by atoms with E-state index in [2.05, 4.69) is 5.32 Å². The van der Waals surface area contributed by atoms with Crippen LogP contribution in [-0.4, -0.2) is 54.7 Å². The number of carbonyl (C=O) groups is 4. The molecule has 1 heterocycles. The summed E-state index contributed by atoms with van der Waals surface area (Å²) in [5, 5.41) is 2.61. The lowest BCUT2D eigenvalue weighted by Gasteiger charge is -2.16. The lowest BCUT2D eigenvalue weighted by molar-refractivity contribution is -0.143. The summed E-state index contributed by atoms with van der Waals surface area (Å²) in [5.74, 6) is -1.05. The molecule has 7 heteroatoms. The van der Waals surface area contributed by atoms with Crippen molar-refractivity contribution in [2.45, 2.75) is 40.5 Å². The van der Waals surface area contributed by atoms with Crippen molar-refractivity contribution in [2.75, 3.05) is 26.3 Å². The van der Waals surface area contributed by atoms with Gasteiger partial charge < -0.3 is 10.1 Å². The maximum atomic E-state index is 12.1. The number of Topliss-reactive ketones (excluding diaryl/α,β-unsaturated/α-hetero) is 1. The average molecular weight is 340 g/mol. The lowest BCUT2D eigenvalue weighted by Crippen LogP contribution is -2.41. The van der Waals surface area contributed by atoms with E-state index in [4.69, 9.17) is 4.74 Å². The largest absolute Gasteiger partial charge is 0.379 e. The Balaban J connectivity index is 2.22. The molecule has 0 saturated carbocycles. The Morgan fingerprint density at radius 3 is 2.42 bits per heavy atom.